The number of hydrogen-bond donors (Lipinski definition) is 1. The summed E-state index contributed by atoms with van der Waals surface area (Å²) in [5.74, 6) is 0.522. The first kappa shape index (κ1) is 16.1. The van der Waals surface area contributed by atoms with Crippen LogP contribution in [-0.4, -0.2) is 17.0 Å². The van der Waals surface area contributed by atoms with E-state index in [9.17, 15) is 4.79 Å². The molecule has 1 aromatic carbocycles. The summed E-state index contributed by atoms with van der Waals surface area (Å²) >= 11 is 6.16. The molecule has 0 fully saturated rings. The van der Waals surface area contributed by atoms with E-state index in [1.165, 1.54) is 5.52 Å². The first-order valence-corrected chi connectivity index (χ1v) is 8.59. The van der Waals surface area contributed by atoms with E-state index in [-0.39, 0.29) is 17.7 Å². The van der Waals surface area contributed by atoms with Crippen LogP contribution in [0.4, 0.5) is 0 Å². The molecule has 1 amide bonds. The van der Waals surface area contributed by atoms with E-state index in [2.05, 4.69) is 49.7 Å². The van der Waals surface area contributed by atoms with Gasteiger partial charge in [-0.25, -0.2) is 0 Å². The van der Waals surface area contributed by atoms with Gasteiger partial charge >= 0.3 is 0 Å². The molecule has 3 rings (SSSR count). The number of aromatic nitrogens is 1. The Bertz CT molecular complexity index is 799. The summed E-state index contributed by atoms with van der Waals surface area (Å²) in [5, 5.41) is 4.93. The zero-order valence-electron chi connectivity index (χ0n) is 14.1. The fraction of sp³-hybridized carbons (Fsp3) is 0.421. The maximum Gasteiger partial charge on any atom is 0.247 e. The first-order chi connectivity index (χ1) is 10.9. The molecule has 1 N–H and O–H groups in total. The largest absolute Gasteiger partial charge is 0.351 e. The van der Waals surface area contributed by atoms with E-state index in [1.807, 2.05) is 12.1 Å². The highest BCUT2D eigenvalue weighted by Crippen LogP contribution is 2.35. The number of carbonyl (C=O) groups is 1. The number of benzene rings is 1. The lowest BCUT2D eigenvalue weighted by Gasteiger charge is -2.25. The van der Waals surface area contributed by atoms with Crippen molar-refractivity contribution in [2.75, 3.05) is 6.54 Å². The molecule has 0 aliphatic carbocycles. The third-order valence-corrected chi connectivity index (χ3v) is 4.68. The van der Waals surface area contributed by atoms with E-state index >= 15 is 0 Å². The second-order valence-electron chi connectivity index (χ2n) is 6.78. The highest BCUT2D eigenvalue weighted by molar-refractivity contribution is 6.31. The molecule has 0 saturated carbocycles. The van der Waals surface area contributed by atoms with Gasteiger partial charge in [-0.2, -0.15) is 0 Å². The van der Waals surface area contributed by atoms with Crippen molar-refractivity contribution in [3.05, 3.63) is 40.6 Å². The minimum absolute atomic E-state index is 0.0678. The van der Waals surface area contributed by atoms with Crippen molar-refractivity contribution >= 4 is 34.0 Å². The predicted molar refractivity (Wildman–Crippen MR) is 96.6 cm³/mol. The summed E-state index contributed by atoms with van der Waals surface area (Å²) in [5.41, 5.74) is 4.36. The molecule has 122 valence electrons. The third-order valence-electron chi connectivity index (χ3n) is 4.45. The average Bonchev–Trinajstić information content (AvgIpc) is 2.78. The minimum Gasteiger partial charge on any atom is -0.351 e. The molecule has 4 heteroatoms. The molecule has 0 bridgehead atoms. The number of fused-ring (bicyclic) bond motifs is 3. The monoisotopic (exact) mass is 330 g/mol. The Morgan fingerprint density at radius 1 is 1.09 bits per heavy atom. The lowest BCUT2D eigenvalue weighted by Crippen LogP contribution is -2.33. The highest BCUT2D eigenvalue weighted by Gasteiger charge is 2.26. The van der Waals surface area contributed by atoms with Crippen LogP contribution >= 0.6 is 11.6 Å². The van der Waals surface area contributed by atoms with Gasteiger partial charge in [-0.1, -0.05) is 39.3 Å². The van der Waals surface area contributed by atoms with Crippen molar-refractivity contribution < 1.29 is 4.79 Å². The molecule has 1 aromatic heterocycles. The molecular formula is C19H23ClN2O. The Morgan fingerprint density at radius 2 is 1.78 bits per heavy atom. The number of amides is 1. The Kier molecular flexibility index (Phi) is 4.24. The molecular weight excluding hydrogens is 308 g/mol. The molecule has 2 aromatic rings. The van der Waals surface area contributed by atoms with Gasteiger partial charge < -0.3 is 9.88 Å². The van der Waals surface area contributed by atoms with Crippen molar-refractivity contribution in [2.45, 2.75) is 34.2 Å². The van der Waals surface area contributed by atoms with Gasteiger partial charge in [0.1, 0.15) is 0 Å². The highest BCUT2D eigenvalue weighted by atomic mass is 35.5. The second kappa shape index (κ2) is 6.04. The summed E-state index contributed by atoms with van der Waals surface area (Å²) in [6.07, 6.45) is 0. The Labute approximate surface area is 142 Å². The van der Waals surface area contributed by atoms with Crippen molar-refractivity contribution in [1.82, 2.24) is 9.88 Å². The quantitative estimate of drug-likeness (QED) is 0.864. The maximum atomic E-state index is 12.6. The summed E-state index contributed by atoms with van der Waals surface area (Å²) in [7, 11) is 0. The molecule has 1 aliphatic heterocycles. The summed E-state index contributed by atoms with van der Waals surface area (Å²) in [4.78, 5) is 12.6. The zero-order chi connectivity index (χ0) is 16.7. The maximum absolute atomic E-state index is 12.6. The molecule has 2 heterocycles. The van der Waals surface area contributed by atoms with Crippen LogP contribution in [0.2, 0.25) is 5.02 Å². The van der Waals surface area contributed by atoms with Crippen molar-refractivity contribution in [1.29, 1.82) is 0 Å². The second-order valence-corrected chi connectivity index (χ2v) is 7.21. The van der Waals surface area contributed by atoms with Crippen molar-refractivity contribution in [2.24, 2.45) is 11.8 Å². The number of hydrogen-bond acceptors (Lipinski definition) is 1. The summed E-state index contributed by atoms with van der Waals surface area (Å²) in [6.45, 7) is 9.89. The minimum atomic E-state index is 0.0678. The fourth-order valence-electron chi connectivity index (χ4n) is 3.52. The van der Waals surface area contributed by atoms with Gasteiger partial charge in [-0.15, -0.1) is 0 Å². The van der Waals surface area contributed by atoms with Crippen LogP contribution in [0.5, 0.6) is 0 Å². The predicted octanol–water partition coefficient (Wildman–Crippen LogP) is 4.49. The number of rotatable bonds is 2. The first-order valence-electron chi connectivity index (χ1n) is 8.21. The van der Waals surface area contributed by atoms with Gasteiger partial charge in [0.05, 0.1) is 0 Å². The number of halogens is 1. The standard InChI is InChI=1S/C19H23ClN2O/c1-11(2)17-16-10-13-9-14(20)5-6-15(13)22(16)8-7-21-19(23)18(17)12(3)4/h5-6,9-12H,7-8H2,1-4H3,(H,21,23)/b18-17-. The molecule has 23 heavy (non-hydrogen) atoms. The van der Waals surface area contributed by atoms with Gasteiger partial charge in [0.15, 0.2) is 0 Å². The summed E-state index contributed by atoms with van der Waals surface area (Å²) in [6, 6.07) is 8.17. The van der Waals surface area contributed by atoms with Gasteiger partial charge in [-0.05, 0) is 41.7 Å². The lowest BCUT2D eigenvalue weighted by molar-refractivity contribution is -0.117. The van der Waals surface area contributed by atoms with E-state index in [0.29, 0.717) is 6.54 Å². The van der Waals surface area contributed by atoms with Crippen LogP contribution in [-0.2, 0) is 11.3 Å². The van der Waals surface area contributed by atoms with Gasteiger partial charge in [-0.3, -0.25) is 4.79 Å². The van der Waals surface area contributed by atoms with Crippen LogP contribution in [0.15, 0.2) is 29.8 Å². The Hall–Kier alpha value is -1.74. The smallest absolute Gasteiger partial charge is 0.247 e. The fourth-order valence-corrected chi connectivity index (χ4v) is 3.70. The van der Waals surface area contributed by atoms with E-state index < -0.39 is 0 Å². The summed E-state index contributed by atoms with van der Waals surface area (Å²) < 4.78 is 2.31. The number of nitrogens with one attached hydrogen (secondary N) is 1. The number of nitrogens with zero attached hydrogens (tertiary/aromatic N) is 1. The topological polar surface area (TPSA) is 34.0 Å². The van der Waals surface area contributed by atoms with Gasteiger partial charge in [0.25, 0.3) is 0 Å². The average molecular weight is 331 g/mol. The van der Waals surface area contributed by atoms with Crippen LogP contribution < -0.4 is 5.32 Å². The van der Waals surface area contributed by atoms with Crippen molar-refractivity contribution in [3.63, 3.8) is 0 Å². The number of allylic oxidation sites excluding steroid dienone is 1. The van der Waals surface area contributed by atoms with Crippen molar-refractivity contribution in [3.8, 4) is 0 Å². The molecule has 0 saturated heterocycles. The van der Waals surface area contributed by atoms with E-state index in [4.69, 9.17) is 11.6 Å². The van der Waals surface area contributed by atoms with Crippen LogP contribution in [0.1, 0.15) is 33.4 Å². The van der Waals surface area contributed by atoms with Crippen LogP contribution in [0.25, 0.3) is 16.5 Å². The molecule has 0 unspecified atom stereocenters. The Morgan fingerprint density at radius 3 is 2.43 bits per heavy atom. The van der Waals surface area contributed by atoms with Crippen LogP contribution in [0.3, 0.4) is 0 Å². The molecule has 3 nitrogen and oxygen atoms in total. The van der Waals surface area contributed by atoms with Gasteiger partial charge in [0, 0.05) is 40.3 Å². The third kappa shape index (κ3) is 2.78. The lowest BCUT2D eigenvalue weighted by atomic mass is 9.87. The molecule has 1 aliphatic rings. The Balaban J connectivity index is 2.37. The molecule has 0 radical (unpaired) electrons. The van der Waals surface area contributed by atoms with E-state index in [0.717, 1.165) is 33.8 Å². The van der Waals surface area contributed by atoms with Gasteiger partial charge in [0.2, 0.25) is 5.91 Å². The number of carbonyl (C=O) groups excluding carboxylic acids is 1. The molecule has 0 atom stereocenters. The normalized spacial score (nSPS) is 19.0. The van der Waals surface area contributed by atoms with Crippen LogP contribution in [0, 0.1) is 11.8 Å². The van der Waals surface area contributed by atoms with E-state index in [1.54, 1.807) is 0 Å². The molecule has 0 spiro atoms. The zero-order valence-corrected chi connectivity index (χ0v) is 14.9. The SMILES string of the molecule is CC(C)/C1=C(\C(C)C)c2cc3cc(Cl)ccc3n2CCNC1=O.